The number of carbonyl (C=O) groups is 2. The van der Waals surface area contributed by atoms with Crippen LogP contribution in [0.25, 0.3) is 22.6 Å². The van der Waals surface area contributed by atoms with E-state index in [1.807, 2.05) is 39.6 Å². The maximum atomic E-state index is 13.6. The minimum absolute atomic E-state index is 0.162. The molecule has 0 fully saturated rings. The largest absolute Gasteiger partial charge is 0.383 e. The van der Waals surface area contributed by atoms with Crippen LogP contribution in [0, 0.1) is 0 Å². The topological polar surface area (TPSA) is 89.3 Å². The van der Waals surface area contributed by atoms with E-state index >= 15 is 0 Å². The molecule has 4 aromatic rings. The molecule has 3 heterocycles. The summed E-state index contributed by atoms with van der Waals surface area (Å²) in [6.45, 7) is 2.85. The van der Waals surface area contributed by atoms with E-state index in [1.165, 1.54) is 6.92 Å². The Labute approximate surface area is 195 Å². The van der Waals surface area contributed by atoms with Crippen molar-refractivity contribution in [2.75, 3.05) is 26.1 Å². The van der Waals surface area contributed by atoms with Gasteiger partial charge in [-0.1, -0.05) is 6.07 Å². The van der Waals surface area contributed by atoms with Crippen molar-refractivity contribution in [1.82, 2.24) is 19.4 Å². The van der Waals surface area contributed by atoms with Gasteiger partial charge in [0, 0.05) is 46.1 Å². The Kier molecular flexibility index (Phi) is 6.81. The summed E-state index contributed by atoms with van der Waals surface area (Å²) in [7, 11) is 3.40. The first-order chi connectivity index (χ1) is 16.0. The second kappa shape index (κ2) is 9.93. The zero-order valence-electron chi connectivity index (χ0n) is 18.7. The van der Waals surface area contributed by atoms with E-state index in [0.29, 0.717) is 53.5 Å². The number of nitrogens with zero attached hydrogens (tertiary/aromatic N) is 4. The fourth-order valence-electron chi connectivity index (χ4n) is 3.73. The summed E-state index contributed by atoms with van der Waals surface area (Å²) >= 11 is 1.59. The highest BCUT2D eigenvalue weighted by molar-refractivity contribution is 7.07. The van der Waals surface area contributed by atoms with Gasteiger partial charge in [0.1, 0.15) is 5.69 Å². The molecule has 0 atom stereocenters. The van der Waals surface area contributed by atoms with Crippen LogP contribution in [0.1, 0.15) is 22.8 Å². The monoisotopic (exact) mass is 463 g/mol. The minimum Gasteiger partial charge on any atom is -0.383 e. The van der Waals surface area contributed by atoms with Gasteiger partial charge in [0.05, 0.1) is 23.2 Å². The Bertz CT molecular complexity index is 1270. The maximum absolute atomic E-state index is 13.6. The van der Waals surface area contributed by atoms with Crippen molar-refractivity contribution >= 4 is 39.9 Å². The van der Waals surface area contributed by atoms with E-state index < -0.39 is 0 Å². The van der Waals surface area contributed by atoms with Gasteiger partial charge in [0.2, 0.25) is 5.91 Å². The second-order valence-electron chi connectivity index (χ2n) is 7.66. The number of benzene rings is 1. The average Bonchev–Trinajstić information content (AvgIpc) is 3.44. The number of fused-ring (bicyclic) bond motifs is 1. The molecule has 0 aliphatic rings. The number of ether oxygens (including phenoxy) is 1. The lowest BCUT2D eigenvalue weighted by Gasteiger charge is -2.19. The van der Waals surface area contributed by atoms with E-state index in [1.54, 1.807) is 48.7 Å². The number of aromatic nitrogens is 3. The van der Waals surface area contributed by atoms with Crippen LogP contribution < -0.4 is 5.32 Å². The molecule has 0 saturated heterocycles. The second-order valence-corrected chi connectivity index (χ2v) is 8.44. The van der Waals surface area contributed by atoms with Crippen molar-refractivity contribution in [3.05, 3.63) is 64.5 Å². The summed E-state index contributed by atoms with van der Waals surface area (Å²) in [6.07, 6.45) is 1.71. The van der Waals surface area contributed by atoms with Crippen molar-refractivity contribution in [3.63, 3.8) is 0 Å². The lowest BCUT2D eigenvalue weighted by molar-refractivity contribution is -0.114. The summed E-state index contributed by atoms with van der Waals surface area (Å²) in [4.78, 5) is 36.3. The molecule has 2 amide bonds. The molecule has 0 aliphatic heterocycles. The molecule has 1 aromatic carbocycles. The molecule has 170 valence electrons. The Balaban J connectivity index is 1.89. The highest BCUT2D eigenvalue weighted by Gasteiger charge is 2.23. The zero-order chi connectivity index (χ0) is 23.4. The predicted octanol–water partition coefficient (Wildman–Crippen LogP) is 4.04. The van der Waals surface area contributed by atoms with Crippen molar-refractivity contribution in [3.8, 4) is 11.5 Å². The molecule has 4 rings (SSSR count). The van der Waals surface area contributed by atoms with Gasteiger partial charge in [-0.3, -0.25) is 14.6 Å². The van der Waals surface area contributed by atoms with Gasteiger partial charge in [-0.05, 0) is 46.7 Å². The average molecular weight is 464 g/mol. The lowest BCUT2D eigenvalue weighted by atomic mass is 10.1. The molecule has 0 radical (unpaired) electrons. The maximum Gasteiger partial charge on any atom is 0.256 e. The minimum atomic E-state index is -0.219. The van der Waals surface area contributed by atoms with Crippen LogP contribution in [-0.2, 0) is 22.6 Å². The molecule has 3 aromatic heterocycles. The fraction of sp³-hybridized carbons (Fsp3) is 0.250. The van der Waals surface area contributed by atoms with Crippen molar-refractivity contribution in [1.29, 1.82) is 0 Å². The van der Waals surface area contributed by atoms with Gasteiger partial charge < -0.3 is 19.5 Å². The van der Waals surface area contributed by atoms with E-state index in [0.717, 1.165) is 5.56 Å². The van der Waals surface area contributed by atoms with Crippen molar-refractivity contribution in [2.24, 2.45) is 0 Å². The molecule has 0 aliphatic carbocycles. The summed E-state index contributed by atoms with van der Waals surface area (Å²) in [6, 6.07) is 11.1. The Hall–Kier alpha value is -3.56. The summed E-state index contributed by atoms with van der Waals surface area (Å²) in [5.41, 5.74) is 4.02. The molecule has 1 N–H and O–H groups in total. The van der Waals surface area contributed by atoms with E-state index in [-0.39, 0.29) is 11.8 Å². The third-order valence-electron chi connectivity index (χ3n) is 5.15. The summed E-state index contributed by atoms with van der Waals surface area (Å²) in [5, 5.41) is 6.80. The smallest absolute Gasteiger partial charge is 0.256 e. The highest BCUT2D eigenvalue weighted by Crippen LogP contribution is 2.30. The Morgan fingerprint density at radius 3 is 2.76 bits per heavy atom. The number of imidazole rings is 1. The normalized spacial score (nSPS) is 11.0. The number of methoxy groups -OCH3 is 1. The summed E-state index contributed by atoms with van der Waals surface area (Å²) in [5.74, 6) is 0.254. The third-order valence-corrected chi connectivity index (χ3v) is 5.88. The third kappa shape index (κ3) is 4.94. The van der Waals surface area contributed by atoms with Crippen LogP contribution in [0.4, 0.5) is 5.69 Å². The highest BCUT2D eigenvalue weighted by atomic mass is 32.1. The molecule has 0 saturated carbocycles. The predicted molar refractivity (Wildman–Crippen MR) is 129 cm³/mol. The molecule has 0 unspecified atom stereocenters. The molecule has 0 bridgehead atoms. The molecule has 9 heteroatoms. The van der Waals surface area contributed by atoms with Crippen LogP contribution in [-0.4, -0.2) is 52.0 Å². The molecular formula is C24H25N5O3S. The fourth-order valence-corrected chi connectivity index (χ4v) is 4.39. The Morgan fingerprint density at radius 1 is 1.24 bits per heavy atom. The van der Waals surface area contributed by atoms with Gasteiger partial charge in [-0.25, -0.2) is 4.98 Å². The Morgan fingerprint density at radius 2 is 2.09 bits per heavy atom. The molecule has 33 heavy (non-hydrogen) atoms. The van der Waals surface area contributed by atoms with Gasteiger partial charge in [0.15, 0.2) is 5.82 Å². The molecular weight excluding hydrogens is 438 g/mol. The molecule has 0 spiro atoms. The first kappa shape index (κ1) is 22.6. The van der Waals surface area contributed by atoms with E-state index in [9.17, 15) is 9.59 Å². The van der Waals surface area contributed by atoms with Crippen molar-refractivity contribution in [2.45, 2.75) is 20.0 Å². The molecule has 8 nitrogen and oxygen atoms in total. The van der Waals surface area contributed by atoms with E-state index in [2.05, 4.69) is 10.3 Å². The number of nitrogens with one attached hydrogen (secondary N) is 1. The lowest BCUT2D eigenvalue weighted by Crippen LogP contribution is -2.27. The summed E-state index contributed by atoms with van der Waals surface area (Å²) < 4.78 is 7.29. The van der Waals surface area contributed by atoms with Gasteiger partial charge in [0.25, 0.3) is 5.91 Å². The zero-order valence-corrected chi connectivity index (χ0v) is 19.6. The van der Waals surface area contributed by atoms with Crippen LogP contribution in [0.5, 0.6) is 0 Å². The van der Waals surface area contributed by atoms with Crippen molar-refractivity contribution < 1.29 is 14.3 Å². The first-order valence-corrected chi connectivity index (χ1v) is 11.4. The number of carbonyl (C=O) groups excluding carboxylic acids is 2. The van der Waals surface area contributed by atoms with Gasteiger partial charge >= 0.3 is 0 Å². The SMILES string of the molecule is COCCn1c(-c2ccccn2)nc2cc(NC(C)=O)cc(C(=O)N(C)Cc3ccsc3)c21. The number of pyridine rings is 1. The van der Waals surface area contributed by atoms with Gasteiger partial charge in [-0.2, -0.15) is 11.3 Å². The number of anilines is 1. The number of amides is 2. The van der Waals surface area contributed by atoms with Gasteiger partial charge in [-0.15, -0.1) is 0 Å². The van der Waals surface area contributed by atoms with E-state index in [4.69, 9.17) is 9.72 Å². The van der Waals surface area contributed by atoms with Crippen LogP contribution in [0.15, 0.2) is 53.4 Å². The number of hydrogen-bond donors (Lipinski definition) is 1. The van der Waals surface area contributed by atoms with Crippen LogP contribution >= 0.6 is 11.3 Å². The first-order valence-electron chi connectivity index (χ1n) is 10.5. The van der Waals surface area contributed by atoms with Crippen LogP contribution in [0.2, 0.25) is 0 Å². The quantitative estimate of drug-likeness (QED) is 0.426. The number of hydrogen-bond acceptors (Lipinski definition) is 6. The van der Waals surface area contributed by atoms with Crippen LogP contribution in [0.3, 0.4) is 0 Å². The standard InChI is InChI=1S/C24H25N5O3S/c1-16(30)26-18-12-19(24(31)28(2)14-17-7-11-33-15-17)22-21(13-18)27-23(29(22)9-10-32-3)20-6-4-5-8-25-20/h4-8,11-13,15H,9-10,14H2,1-3H3,(H,26,30). The number of thiophene rings is 1. The number of rotatable bonds is 8.